The van der Waals surface area contributed by atoms with Crippen LogP contribution in [0.4, 0.5) is 0 Å². The first-order valence-electron chi connectivity index (χ1n) is 6.54. The monoisotopic (exact) mass is 236 g/mol. The number of carbonyl (C=O) groups is 1. The minimum absolute atomic E-state index is 0.122. The third-order valence-corrected chi connectivity index (χ3v) is 4.62. The zero-order chi connectivity index (χ0) is 12.8. The standard InChI is InChI=1S/C14H24N2O/c1-9(15-6-7-16(4)5)12-11(17)8-10-13(12)14(10,2)3/h10,12-13H,6-8H2,1-5H3/t10-,12?,13-/m1/s1. The highest BCUT2D eigenvalue weighted by Crippen LogP contribution is 2.68. The van der Waals surface area contributed by atoms with Crippen molar-refractivity contribution in [2.45, 2.75) is 27.2 Å². The summed E-state index contributed by atoms with van der Waals surface area (Å²) in [6, 6.07) is 0. The molecule has 0 aromatic carbocycles. The van der Waals surface area contributed by atoms with Crippen LogP contribution in [0.15, 0.2) is 4.99 Å². The quantitative estimate of drug-likeness (QED) is 0.698. The second kappa shape index (κ2) is 4.20. The Kier molecular flexibility index (Phi) is 3.15. The van der Waals surface area contributed by atoms with Crippen molar-refractivity contribution in [3.05, 3.63) is 0 Å². The van der Waals surface area contributed by atoms with Crippen LogP contribution in [0.5, 0.6) is 0 Å². The van der Waals surface area contributed by atoms with E-state index in [9.17, 15) is 4.79 Å². The van der Waals surface area contributed by atoms with Crippen LogP contribution in [0.3, 0.4) is 0 Å². The molecular weight excluding hydrogens is 212 g/mol. The molecule has 17 heavy (non-hydrogen) atoms. The molecule has 2 saturated carbocycles. The van der Waals surface area contributed by atoms with Gasteiger partial charge in [0.05, 0.1) is 12.5 Å². The first-order chi connectivity index (χ1) is 7.85. The van der Waals surface area contributed by atoms with E-state index in [0.717, 1.165) is 25.2 Å². The van der Waals surface area contributed by atoms with Gasteiger partial charge in [0.25, 0.3) is 0 Å². The highest BCUT2D eigenvalue weighted by Gasteiger charge is 2.67. The molecular formula is C14H24N2O. The van der Waals surface area contributed by atoms with Gasteiger partial charge in [-0.3, -0.25) is 9.79 Å². The van der Waals surface area contributed by atoms with Gasteiger partial charge in [0.15, 0.2) is 0 Å². The molecule has 0 aliphatic heterocycles. The SMILES string of the molecule is CC(=NCCN(C)C)C1C(=O)C[C@@H]2[C@H]1C2(C)C. The third-order valence-electron chi connectivity index (χ3n) is 4.62. The molecule has 0 N–H and O–H groups in total. The van der Waals surface area contributed by atoms with Gasteiger partial charge in [-0.15, -0.1) is 0 Å². The second-order valence-corrected chi connectivity index (χ2v) is 6.43. The summed E-state index contributed by atoms with van der Waals surface area (Å²) in [6.45, 7) is 8.37. The fraction of sp³-hybridized carbons (Fsp3) is 0.857. The summed E-state index contributed by atoms with van der Waals surface area (Å²) in [5.41, 5.74) is 1.44. The van der Waals surface area contributed by atoms with E-state index in [1.54, 1.807) is 0 Å². The van der Waals surface area contributed by atoms with E-state index in [2.05, 4.69) is 23.7 Å². The van der Waals surface area contributed by atoms with E-state index in [-0.39, 0.29) is 5.92 Å². The number of hydrogen-bond acceptors (Lipinski definition) is 3. The van der Waals surface area contributed by atoms with Gasteiger partial charge < -0.3 is 4.90 Å². The first-order valence-corrected chi connectivity index (χ1v) is 6.54. The third kappa shape index (κ3) is 2.17. The Labute approximate surface area is 104 Å². The van der Waals surface area contributed by atoms with E-state index in [1.807, 2.05) is 21.0 Å². The van der Waals surface area contributed by atoms with Gasteiger partial charge in [-0.1, -0.05) is 13.8 Å². The smallest absolute Gasteiger partial charge is 0.142 e. The van der Waals surface area contributed by atoms with Gasteiger partial charge in [-0.2, -0.15) is 0 Å². The van der Waals surface area contributed by atoms with Crippen LogP contribution in [0.2, 0.25) is 0 Å². The summed E-state index contributed by atoms with van der Waals surface area (Å²) in [5.74, 6) is 1.74. The molecule has 2 rings (SSSR count). The van der Waals surface area contributed by atoms with Crippen LogP contribution in [0.1, 0.15) is 27.2 Å². The van der Waals surface area contributed by atoms with Gasteiger partial charge in [-0.05, 0) is 38.3 Å². The van der Waals surface area contributed by atoms with Crippen LogP contribution >= 0.6 is 0 Å². The molecule has 2 fully saturated rings. The number of likely N-dealkylation sites (N-methyl/N-ethyl adjacent to an activating group) is 1. The molecule has 0 heterocycles. The molecule has 0 spiro atoms. The minimum Gasteiger partial charge on any atom is -0.308 e. The summed E-state index contributed by atoms with van der Waals surface area (Å²) in [7, 11) is 4.09. The fourth-order valence-electron chi connectivity index (χ4n) is 3.40. The predicted octanol–water partition coefficient (Wildman–Crippen LogP) is 1.87. The molecule has 0 aromatic heterocycles. The van der Waals surface area contributed by atoms with E-state index in [0.29, 0.717) is 23.0 Å². The van der Waals surface area contributed by atoms with Crippen molar-refractivity contribution >= 4 is 11.5 Å². The molecule has 0 radical (unpaired) electrons. The highest BCUT2D eigenvalue weighted by molar-refractivity contribution is 6.07. The maximum Gasteiger partial charge on any atom is 0.142 e. The lowest BCUT2D eigenvalue weighted by Crippen LogP contribution is -2.25. The van der Waals surface area contributed by atoms with Crippen LogP contribution in [-0.4, -0.2) is 43.6 Å². The number of fused-ring (bicyclic) bond motifs is 1. The van der Waals surface area contributed by atoms with Crippen molar-refractivity contribution < 1.29 is 4.79 Å². The number of ketones is 1. The maximum absolute atomic E-state index is 12.0. The van der Waals surface area contributed by atoms with Crippen molar-refractivity contribution in [1.82, 2.24) is 4.90 Å². The fourth-order valence-corrected chi connectivity index (χ4v) is 3.40. The summed E-state index contributed by atoms with van der Waals surface area (Å²) in [4.78, 5) is 18.7. The summed E-state index contributed by atoms with van der Waals surface area (Å²) in [5, 5.41) is 0. The van der Waals surface area contributed by atoms with Crippen LogP contribution in [-0.2, 0) is 4.79 Å². The van der Waals surface area contributed by atoms with Gasteiger partial charge in [0, 0.05) is 18.7 Å². The van der Waals surface area contributed by atoms with Crippen LogP contribution in [0, 0.1) is 23.2 Å². The van der Waals surface area contributed by atoms with Crippen molar-refractivity contribution in [3.63, 3.8) is 0 Å². The van der Waals surface area contributed by atoms with Gasteiger partial charge in [0.2, 0.25) is 0 Å². The number of nitrogens with zero attached hydrogens (tertiary/aromatic N) is 2. The normalized spacial score (nSPS) is 35.3. The Balaban J connectivity index is 1.99. The second-order valence-electron chi connectivity index (χ2n) is 6.43. The molecule has 3 atom stereocenters. The zero-order valence-corrected chi connectivity index (χ0v) is 11.7. The molecule has 96 valence electrons. The highest BCUT2D eigenvalue weighted by atomic mass is 16.1. The molecule has 2 aliphatic carbocycles. The molecule has 3 nitrogen and oxygen atoms in total. The largest absolute Gasteiger partial charge is 0.308 e. The number of carbonyl (C=O) groups excluding carboxylic acids is 1. The molecule has 0 aromatic rings. The number of aliphatic imine (C=N–C) groups is 1. The van der Waals surface area contributed by atoms with Crippen molar-refractivity contribution in [2.24, 2.45) is 28.2 Å². The molecule has 0 amide bonds. The zero-order valence-electron chi connectivity index (χ0n) is 11.7. The minimum atomic E-state index is 0.122. The number of hydrogen-bond donors (Lipinski definition) is 0. The maximum atomic E-state index is 12.0. The molecule has 2 aliphatic rings. The van der Waals surface area contributed by atoms with Gasteiger partial charge >= 0.3 is 0 Å². The summed E-state index contributed by atoms with van der Waals surface area (Å²) < 4.78 is 0. The lowest BCUT2D eigenvalue weighted by atomic mass is 9.89. The first kappa shape index (κ1) is 12.7. The number of rotatable bonds is 4. The average molecular weight is 236 g/mol. The molecule has 0 bridgehead atoms. The molecule has 1 unspecified atom stereocenters. The number of Topliss-reactive ketones (excluding diaryl/α,β-unsaturated/α-hetero) is 1. The lowest BCUT2D eigenvalue weighted by Gasteiger charge is -2.17. The van der Waals surface area contributed by atoms with Gasteiger partial charge in [-0.25, -0.2) is 0 Å². The Morgan fingerprint density at radius 3 is 2.65 bits per heavy atom. The van der Waals surface area contributed by atoms with E-state index < -0.39 is 0 Å². The Bertz CT molecular complexity index is 357. The molecule has 3 heteroatoms. The van der Waals surface area contributed by atoms with Crippen molar-refractivity contribution in [1.29, 1.82) is 0 Å². The Morgan fingerprint density at radius 1 is 1.47 bits per heavy atom. The Hall–Kier alpha value is -0.700. The topological polar surface area (TPSA) is 32.7 Å². The van der Waals surface area contributed by atoms with Crippen molar-refractivity contribution in [3.8, 4) is 0 Å². The predicted molar refractivity (Wildman–Crippen MR) is 70.4 cm³/mol. The van der Waals surface area contributed by atoms with Gasteiger partial charge in [0.1, 0.15) is 5.78 Å². The lowest BCUT2D eigenvalue weighted by molar-refractivity contribution is -0.120. The average Bonchev–Trinajstić information content (AvgIpc) is 2.58. The summed E-state index contributed by atoms with van der Waals surface area (Å²) >= 11 is 0. The van der Waals surface area contributed by atoms with E-state index in [4.69, 9.17) is 0 Å². The van der Waals surface area contributed by atoms with Crippen LogP contribution < -0.4 is 0 Å². The summed E-state index contributed by atoms with van der Waals surface area (Å²) in [6.07, 6.45) is 0.781. The van der Waals surface area contributed by atoms with E-state index >= 15 is 0 Å². The van der Waals surface area contributed by atoms with Crippen LogP contribution in [0.25, 0.3) is 0 Å². The van der Waals surface area contributed by atoms with Crippen molar-refractivity contribution in [2.75, 3.05) is 27.2 Å². The molecule has 0 saturated heterocycles. The Morgan fingerprint density at radius 2 is 2.12 bits per heavy atom. The van der Waals surface area contributed by atoms with E-state index in [1.165, 1.54) is 0 Å².